The van der Waals surface area contributed by atoms with Crippen LogP contribution in [0.15, 0.2) is 18.2 Å². The summed E-state index contributed by atoms with van der Waals surface area (Å²) in [5.74, 6) is 0.300. The first-order valence-corrected chi connectivity index (χ1v) is 3.67. The van der Waals surface area contributed by atoms with E-state index in [4.69, 9.17) is 15.3 Å². The van der Waals surface area contributed by atoms with Gasteiger partial charge in [-0.1, -0.05) is 6.07 Å². The van der Waals surface area contributed by atoms with Crippen molar-refractivity contribution >= 4 is 7.32 Å². The molecule has 0 aromatic heterocycles. The van der Waals surface area contributed by atoms with Crippen molar-refractivity contribution in [3.8, 4) is 11.8 Å². The second-order valence-electron chi connectivity index (χ2n) is 2.48. The van der Waals surface area contributed by atoms with Crippen LogP contribution in [-0.4, -0.2) is 17.4 Å². The third kappa shape index (κ3) is 2.21. The molecule has 0 saturated carbocycles. The molecule has 1 rings (SSSR count). The van der Waals surface area contributed by atoms with Crippen molar-refractivity contribution in [2.75, 3.05) is 0 Å². The molecule has 0 radical (unpaired) electrons. The third-order valence-corrected chi connectivity index (χ3v) is 1.64. The molecule has 0 unspecified atom stereocenters. The molecular weight excluding hydrogens is 169 g/mol. The van der Waals surface area contributed by atoms with E-state index in [1.54, 1.807) is 25.1 Å². The lowest BCUT2D eigenvalue weighted by molar-refractivity contribution is 0.287. The second kappa shape index (κ2) is 3.94. The van der Waals surface area contributed by atoms with Gasteiger partial charge in [0.15, 0.2) is 0 Å². The molecule has 0 aliphatic rings. The van der Waals surface area contributed by atoms with Crippen LogP contribution in [0.25, 0.3) is 0 Å². The van der Waals surface area contributed by atoms with Crippen LogP contribution >= 0.6 is 0 Å². The number of hydrogen-bond donors (Lipinski definition) is 2. The Bertz CT molecular complexity index is 346. The fraction of sp³-hybridized carbons (Fsp3) is 0.125. The predicted octanol–water partition coefficient (Wildman–Crippen LogP) is 0.215. The molecule has 0 spiro atoms. The summed E-state index contributed by atoms with van der Waals surface area (Å²) < 4.78 is 4.65. The highest BCUT2D eigenvalue weighted by molar-refractivity contribution is 6.33. The van der Waals surface area contributed by atoms with Crippen molar-refractivity contribution in [2.24, 2.45) is 0 Å². The van der Waals surface area contributed by atoms with Crippen LogP contribution in [0.5, 0.6) is 5.75 Å². The van der Waals surface area contributed by atoms with E-state index in [9.17, 15) is 0 Å². The molecule has 0 fully saturated rings. The molecule has 1 aromatic carbocycles. The lowest BCUT2D eigenvalue weighted by Gasteiger charge is -2.08. The summed E-state index contributed by atoms with van der Waals surface area (Å²) in [6.07, 6.45) is 0. The van der Waals surface area contributed by atoms with Gasteiger partial charge in [0.05, 0.1) is 11.6 Å². The molecule has 0 amide bonds. The number of benzene rings is 1. The first-order chi connectivity index (χ1) is 6.15. The van der Waals surface area contributed by atoms with Gasteiger partial charge in [-0.15, -0.1) is 0 Å². The Hall–Kier alpha value is -1.51. The molecule has 66 valence electrons. The summed E-state index contributed by atoms with van der Waals surface area (Å²) in [4.78, 5) is 0. The SMILES string of the molecule is Cc1c(C#N)cccc1OB(O)O. The molecule has 0 heterocycles. The molecule has 0 aliphatic heterocycles. The average Bonchev–Trinajstić information content (AvgIpc) is 2.08. The van der Waals surface area contributed by atoms with Gasteiger partial charge in [0.2, 0.25) is 0 Å². The van der Waals surface area contributed by atoms with Crippen LogP contribution < -0.4 is 4.65 Å². The average molecular weight is 177 g/mol. The van der Waals surface area contributed by atoms with E-state index in [0.29, 0.717) is 16.9 Å². The molecule has 0 saturated heterocycles. The van der Waals surface area contributed by atoms with Gasteiger partial charge < -0.3 is 14.7 Å². The Morgan fingerprint density at radius 1 is 1.46 bits per heavy atom. The lowest BCUT2D eigenvalue weighted by Crippen LogP contribution is -2.21. The van der Waals surface area contributed by atoms with Gasteiger partial charge in [-0.3, -0.25) is 0 Å². The van der Waals surface area contributed by atoms with E-state index in [-0.39, 0.29) is 0 Å². The Balaban J connectivity index is 3.03. The maximum atomic E-state index is 8.65. The molecule has 2 N–H and O–H groups in total. The monoisotopic (exact) mass is 177 g/mol. The minimum absolute atomic E-state index is 0.300. The normalized spacial score (nSPS) is 9.08. The molecule has 0 bridgehead atoms. The van der Waals surface area contributed by atoms with Crippen LogP contribution in [0.1, 0.15) is 11.1 Å². The van der Waals surface area contributed by atoms with Gasteiger partial charge in [0.1, 0.15) is 5.75 Å². The third-order valence-electron chi connectivity index (χ3n) is 1.64. The standard InChI is InChI=1S/C8H8BNO3/c1-6-7(5-10)3-2-4-8(6)13-9(11)12/h2-4,11-12H,1H3. The minimum Gasteiger partial charge on any atom is -0.512 e. The summed E-state index contributed by atoms with van der Waals surface area (Å²) in [7, 11) is -1.85. The van der Waals surface area contributed by atoms with Gasteiger partial charge in [-0.2, -0.15) is 5.26 Å². The van der Waals surface area contributed by atoms with Crippen LogP contribution in [0.2, 0.25) is 0 Å². The van der Waals surface area contributed by atoms with Crippen molar-refractivity contribution in [1.29, 1.82) is 5.26 Å². The highest BCUT2D eigenvalue weighted by atomic mass is 16.6. The summed E-state index contributed by atoms with van der Waals surface area (Å²) in [5, 5.41) is 25.7. The van der Waals surface area contributed by atoms with Gasteiger partial charge in [-0.05, 0) is 19.1 Å². The second-order valence-corrected chi connectivity index (χ2v) is 2.48. The largest absolute Gasteiger partial charge is 0.707 e. The van der Waals surface area contributed by atoms with Crippen molar-refractivity contribution in [3.05, 3.63) is 29.3 Å². The van der Waals surface area contributed by atoms with E-state index in [1.807, 2.05) is 6.07 Å². The zero-order chi connectivity index (χ0) is 9.84. The number of nitriles is 1. The fourth-order valence-corrected chi connectivity index (χ4v) is 0.977. The van der Waals surface area contributed by atoms with Crippen LogP contribution in [0.4, 0.5) is 0 Å². The molecule has 1 aromatic rings. The minimum atomic E-state index is -1.85. The zero-order valence-electron chi connectivity index (χ0n) is 7.06. The fourth-order valence-electron chi connectivity index (χ4n) is 0.977. The Morgan fingerprint density at radius 3 is 2.69 bits per heavy atom. The predicted molar refractivity (Wildman–Crippen MR) is 46.7 cm³/mol. The van der Waals surface area contributed by atoms with Crippen molar-refractivity contribution in [3.63, 3.8) is 0 Å². The molecule has 0 aliphatic carbocycles. The molecule has 4 nitrogen and oxygen atoms in total. The highest BCUT2D eigenvalue weighted by Gasteiger charge is 2.13. The maximum Gasteiger partial charge on any atom is 0.707 e. The van der Waals surface area contributed by atoms with Crippen molar-refractivity contribution < 1.29 is 14.7 Å². The smallest absolute Gasteiger partial charge is 0.512 e. The number of rotatable bonds is 2. The van der Waals surface area contributed by atoms with Gasteiger partial charge in [0, 0.05) is 5.56 Å². The van der Waals surface area contributed by atoms with E-state index in [2.05, 4.69) is 4.65 Å². The molecule has 5 heteroatoms. The van der Waals surface area contributed by atoms with Crippen LogP contribution in [0.3, 0.4) is 0 Å². The van der Waals surface area contributed by atoms with Gasteiger partial charge in [-0.25, -0.2) is 0 Å². The summed E-state index contributed by atoms with van der Waals surface area (Å²) in [6.45, 7) is 1.68. The summed E-state index contributed by atoms with van der Waals surface area (Å²) in [6, 6.07) is 6.78. The van der Waals surface area contributed by atoms with Crippen LogP contribution in [-0.2, 0) is 0 Å². The topological polar surface area (TPSA) is 73.5 Å². The Kier molecular flexibility index (Phi) is 2.90. The molecular formula is C8H8BNO3. The van der Waals surface area contributed by atoms with Crippen molar-refractivity contribution in [1.82, 2.24) is 0 Å². The maximum absolute atomic E-state index is 8.65. The van der Waals surface area contributed by atoms with Crippen molar-refractivity contribution in [2.45, 2.75) is 6.92 Å². The van der Waals surface area contributed by atoms with E-state index in [0.717, 1.165) is 0 Å². The highest BCUT2D eigenvalue weighted by Crippen LogP contribution is 2.20. The number of hydrogen-bond acceptors (Lipinski definition) is 4. The Labute approximate surface area is 76.2 Å². The van der Waals surface area contributed by atoms with Gasteiger partial charge in [0.25, 0.3) is 0 Å². The zero-order valence-corrected chi connectivity index (χ0v) is 7.06. The molecule has 0 atom stereocenters. The first-order valence-electron chi connectivity index (χ1n) is 3.67. The van der Waals surface area contributed by atoms with Gasteiger partial charge >= 0.3 is 7.32 Å². The van der Waals surface area contributed by atoms with E-state index < -0.39 is 7.32 Å². The van der Waals surface area contributed by atoms with E-state index in [1.165, 1.54) is 0 Å². The van der Waals surface area contributed by atoms with Crippen LogP contribution in [0, 0.1) is 18.3 Å². The summed E-state index contributed by atoms with van der Waals surface area (Å²) >= 11 is 0. The number of nitrogens with zero attached hydrogens (tertiary/aromatic N) is 1. The lowest BCUT2D eigenvalue weighted by atomic mass is 10.1. The first kappa shape index (κ1) is 9.58. The quantitative estimate of drug-likeness (QED) is 0.633. The Morgan fingerprint density at radius 2 is 2.15 bits per heavy atom. The summed E-state index contributed by atoms with van der Waals surface area (Å²) in [5.41, 5.74) is 1.05. The van der Waals surface area contributed by atoms with E-state index >= 15 is 0 Å². The molecule has 13 heavy (non-hydrogen) atoms.